The van der Waals surface area contributed by atoms with Crippen LogP contribution in [0.5, 0.6) is 11.5 Å². The van der Waals surface area contributed by atoms with Gasteiger partial charge in [0.05, 0.1) is 6.54 Å². The van der Waals surface area contributed by atoms with Gasteiger partial charge in [0.15, 0.2) is 11.5 Å². The molecule has 0 bridgehead atoms. The highest BCUT2D eigenvalue weighted by atomic mass is 16.6. The molecule has 7 heteroatoms. The molecule has 1 aromatic heterocycles. The highest BCUT2D eigenvalue weighted by molar-refractivity contribution is 5.92. The predicted molar refractivity (Wildman–Crippen MR) is 95.3 cm³/mol. The first-order valence-corrected chi connectivity index (χ1v) is 8.35. The molecule has 2 aromatic rings. The van der Waals surface area contributed by atoms with Crippen LogP contribution in [0.15, 0.2) is 22.6 Å². The van der Waals surface area contributed by atoms with Crippen LogP contribution in [-0.4, -0.2) is 37.6 Å². The topological polar surface area (TPSA) is 87.7 Å². The second-order valence-corrected chi connectivity index (χ2v) is 6.30. The number of nitrogens with zero attached hydrogens (tertiary/aromatic N) is 2. The zero-order valence-corrected chi connectivity index (χ0v) is 15.1. The van der Waals surface area contributed by atoms with Crippen molar-refractivity contribution in [3.05, 3.63) is 40.6 Å². The van der Waals surface area contributed by atoms with E-state index in [4.69, 9.17) is 13.9 Å². The van der Waals surface area contributed by atoms with Crippen molar-refractivity contribution in [1.29, 1.82) is 5.26 Å². The smallest absolute Gasteiger partial charge is 0.240 e. The van der Waals surface area contributed by atoms with Crippen LogP contribution < -0.4 is 14.8 Å². The number of carbonyl (C=O) groups excluding carboxylic acids is 1. The first kappa shape index (κ1) is 17.8. The highest BCUT2D eigenvalue weighted by Crippen LogP contribution is 2.31. The number of fused-ring (bicyclic) bond motifs is 1. The van der Waals surface area contributed by atoms with E-state index in [0.29, 0.717) is 31.1 Å². The minimum absolute atomic E-state index is 0.165. The average molecular weight is 355 g/mol. The SMILES string of the molecule is Cc1oc(NC(=O)CN(C)Cc2ccc3c(c2)OCCO3)c(C#N)c1C. The van der Waals surface area contributed by atoms with Gasteiger partial charge >= 0.3 is 0 Å². The molecule has 0 spiro atoms. The first-order valence-electron chi connectivity index (χ1n) is 8.35. The van der Waals surface area contributed by atoms with Crippen molar-refractivity contribution in [3.63, 3.8) is 0 Å². The van der Waals surface area contributed by atoms with Gasteiger partial charge in [-0.3, -0.25) is 15.0 Å². The van der Waals surface area contributed by atoms with Crippen molar-refractivity contribution < 1.29 is 18.7 Å². The number of furan rings is 1. The number of rotatable bonds is 5. The van der Waals surface area contributed by atoms with E-state index in [0.717, 1.165) is 22.6 Å². The molecule has 7 nitrogen and oxygen atoms in total. The van der Waals surface area contributed by atoms with E-state index in [1.807, 2.05) is 30.1 Å². The number of hydrogen-bond acceptors (Lipinski definition) is 6. The number of hydrogen-bond donors (Lipinski definition) is 1. The number of amides is 1. The zero-order valence-electron chi connectivity index (χ0n) is 15.1. The van der Waals surface area contributed by atoms with Gasteiger partial charge in [0.25, 0.3) is 0 Å². The van der Waals surface area contributed by atoms with Crippen molar-refractivity contribution in [2.24, 2.45) is 0 Å². The zero-order chi connectivity index (χ0) is 18.7. The fourth-order valence-electron chi connectivity index (χ4n) is 2.81. The molecule has 2 heterocycles. The fraction of sp³-hybridized carbons (Fsp3) is 0.368. The number of anilines is 1. The minimum atomic E-state index is -0.240. The minimum Gasteiger partial charge on any atom is -0.486 e. The largest absolute Gasteiger partial charge is 0.486 e. The van der Waals surface area contributed by atoms with E-state index in [1.165, 1.54) is 0 Å². The van der Waals surface area contributed by atoms with Gasteiger partial charge in [0.2, 0.25) is 11.8 Å². The summed E-state index contributed by atoms with van der Waals surface area (Å²) in [6, 6.07) is 7.82. The van der Waals surface area contributed by atoms with Crippen LogP contribution in [0.25, 0.3) is 0 Å². The lowest BCUT2D eigenvalue weighted by Crippen LogP contribution is -2.30. The molecule has 26 heavy (non-hydrogen) atoms. The number of nitrogens with one attached hydrogen (secondary N) is 1. The fourth-order valence-corrected chi connectivity index (χ4v) is 2.81. The van der Waals surface area contributed by atoms with Gasteiger partial charge in [-0.25, -0.2) is 0 Å². The normalized spacial score (nSPS) is 12.7. The van der Waals surface area contributed by atoms with Gasteiger partial charge in [-0.05, 0) is 38.6 Å². The summed E-state index contributed by atoms with van der Waals surface area (Å²) in [4.78, 5) is 14.1. The predicted octanol–water partition coefficient (Wildman–Crippen LogP) is 2.61. The van der Waals surface area contributed by atoms with Gasteiger partial charge in [0, 0.05) is 12.1 Å². The summed E-state index contributed by atoms with van der Waals surface area (Å²) >= 11 is 0. The van der Waals surface area contributed by atoms with Crippen LogP contribution in [0, 0.1) is 25.2 Å². The molecular formula is C19H21N3O4. The quantitative estimate of drug-likeness (QED) is 0.887. The molecule has 0 saturated heterocycles. The summed E-state index contributed by atoms with van der Waals surface area (Å²) < 4.78 is 16.6. The Bertz CT molecular complexity index is 866. The summed E-state index contributed by atoms with van der Waals surface area (Å²) in [6.07, 6.45) is 0. The van der Waals surface area contributed by atoms with Crippen LogP contribution in [-0.2, 0) is 11.3 Å². The van der Waals surface area contributed by atoms with Crippen LogP contribution >= 0.6 is 0 Å². The molecule has 136 valence electrons. The van der Waals surface area contributed by atoms with E-state index in [-0.39, 0.29) is 18.3 Å². The number of ether oxygens (including phenoxy) is 2. The van der Waals surface area contributed by atoms with Crippen LogP contribution in [0.1, 0.15) is 22.5 Å². The summed E-state index contributed by atoms with van der Waals surface area (Å²) in [5.74, 6) is 2.07. The maximum atomic E-state index is 12.3. The lowest BCUT2D eigenvalue weighted by Gasteiger charge is -2.20. The third kappa shape index (κ3) is 3.81. The molecule has 0 fully saturated rings. The number of aryl methyl sites for hydroxylation is 1. The molecule has 0 radical (unpaired) electrons. The molecule has 0 unspecified atom stereocenters. The van der Waals surface area contributed by atoms with Crippen molar-refractivity contribution in [2.45, 2.75) is 20.4 Å². The Balaban J connectivity index is 1.60. The molecule has 1 N–H and O–H groups in total. The summed E-state index contributed by atoms with van der Waals surface area (Å²) in [6.45, 7) is 5.39. The highest BCUT2D eigenvalue weighted by Gasteiger charge is 2.18. The maximum Gasteiger partial charge on any atom is 0.240 e. The van der Waals surface area contributed by atoms with Crippen molar-refractivity contribution in [2.75, 3.05) is 32.1 Å². The lowest BCUT2D eigenvalue weighted by atomic mass is 10.2. The molecule has 1 aliphatic heterocycles. The van der Waals surface area contributed by atoms with E-state index in [1.54, 1.807) is 13.8 Å². The molecule has 1 amide bonds. The summed E-state index contributed by atoms with van der Waals surface area (Å²) in [7, 11) is 1.85. The Labute approximate surface area is 152 Å². The molecule has 1 aliphatic rings. The molecule has 0 atom stereocenters. The molecule has 0 aliphatic carbocycles. The third-order valence-corrected chi connectivity index (χ3v) is 4.22. The molecule has 3 rings (SSSR count). The van der Waals surface area contributed by atoms with Crippen molar-refractivity contribution in [3.8, 4) is 17.6 Å². The Morgan fingerprint density at radius 3 is 2.73 bits per heavy atom. The van der Waals surface area contributed by atoms with Crippen LogP contribution in [0.4, 0.5) is 5.88 Å². The second kappa shape index (κ2) is 7.50. The molecule has 0 saturated carbocycles. The van der Waals surface area contributed by atoms with Crippen molar-refractivity contribution in [1.82, 2.24) is 4.90 Å². The molecular weight excluding hydrogens is 334 g/mol. The Kier molecular flexibility index (Phi) is 5.14. The van der Waals surface area contributed by atoms with Crippen molar-refractivity contribution >= 4 is 11.8 Å². The van der Waals surface area contributed by atoms with Crippen LogP contribution in [0.2, 0.25) is 0 Å². The Hall–Kier alpha value is -2.98. The van der Waals surface area contributed by atoms with Gasteiger partial charge in [0.1, 0.15) is 30.6 Å². The monoisotopic (exact) mass is 355 g/mol. The third-order valence-electron chi connectivity index (χ3n) is 4.22. The average Bonchev–Trinajstić information content (AvgIpc) is 2.87. The van der Waals surface area contributed by atoms with E-state index < -0.39 is 0 Å². The van der Waals surface area contributed by atoms with Crippen LogP contribution in [0.3, 0.4) is 0 Å². The summed E-state index contributed by atoms with van der Waals surface area (Å²) in [5, 5.41) is 11.9. The van der Waals surface area contributed by atoms with Gasteiger partial charge in [-0.2, -0.15) is 5.26 Å². The van der Waals surface area contributed by atoms with Gasteiger partial charge < -0.3 is 13.9 Å². The number of benzene rings is 1. The van der Waals surface area contributed by atoms with Gasteiger partial charge in [-0.1, -0.05) is 6.07 Å². The second-order valence-electron chi connectivity index (χ2n) is 6.30. The standard InChI is InChI=1S/C19H21N3O4/c1-12-13(2)26-19(15(12)9-20)21-18(23)11-22(3)10-14-4-5-16-17(8-14)25-7-6-24-16/h4-5,8H,6-7,10-11H2,1-3H3,(H,21,23). The Morgan fingerprint density at radius 1 is 1.27 bits per heavy atom. The van der Waals surface area contributed by atoms with Gasteiger partial charge in [-0.15, -0.1) is 0 Å². The molecule has 1 aromatic carbocycles. The van der Waals surface area contributed by atoms with E-state index in [2.05, 4.69) is 11.4 Å². The number of carbonyl (C=O) groups is 1. The first-order chi connectivity index (χ1) is 12.5. The number of likely N-dealkylation sites (N-methyl/N-ethyl adjacent to an activating group) is 1. The lowest BCUT2D eigenvalue weighted by molar-refractivity contribution is -0.117. The van der Waals surface area contributed by atoms with E-state index in [9.17, 15) is 10.1 Å². The van der Waals surface area contributed by atoms with E-state index >= 15 is 0 Å². The maximum absolute atomic E-state index is 12.3. The summed E-state index contributed by atoms with van der Waals surface area (Å²) in [5.41, 5.74) is 2.13. The number of nitriles is 1. The Morgan fingerprint density at radius 2 is 2.00 bits per heavy atom.